The average molecular weight is 246 g/mol. The second kappa shape index (κ2) is 4.33. The van der Waals surface area contributed by atoms with Crippen LogP contribution in [0.5, 0.6) is 11.5 Å². The fourth-order valence-electron chi connectivity index (χ4n) is 2.04. The van der Waals surface area contributed by atoms with Gasteiger partial charge >= 0.3 is 0 Å². The molecule has 18 heavy (non-hydrogen) atoms. The molecule has 0 unspecified atom stereocenters. The van der Waals surface area contributed by atoms with Gasteiger partial charge in [-0.2, -0.15) is 4.98 Å². The third-order valence-electron chi connectivity index (χ3n) is 3.36. The molecular weight excluding hydrogens is 232 g/mol. The number of hydrogen-bond acceptors (Lipinski definition) is 5. The number of phenols is 1. The van der Waals surface area contributed by atoms with E-state index in [1.807, 2.05) is 0 Å². The molecule has 1 aromatic carbocycles. The van der Waals surface area contributed by atoms with E-state index in [2.05, 4.69) is 10.1 Å². The highest BCUT2D eigenvalue weighted by atomic mass is 16.5. The lowest BCUT2D eigenvalue weighted by Crippen LogP contribution is -2.10. The van der Waals surface area contributed by atoms with Crippen molar-refractivity contribution in [3.8, 4) is 23.0 Å². The van der Waals surface area contributed by atoms with Gasteiger partial charge in [-0.1, -0.05) is 17.6 Å². The van der Waals surface area contributed by atoms with Gasteiger partial charge < -0.3 is 14.4 Å². The van der Waals surface area contributed by atoms with Crippen LogP contribution < -0.4 is 4.74 Å². The van der Waals surface area contributed by atoms with Gasteiger partial charge in [0.05, 0.1) is 12.7 Å². The Hall–Kier alpha value is -2.04. The molecule has 0 spiro atoms. The summed E-state index contributed by atoms with van der Waals surface area (Å²) in [6.45, 7) is 0. The lowest BCUT2D eigenvalue weighted by atomic mass is 9.85. The minimum Gasteiger partial charge on any atom is -0.504 e. The number of nitrogens with zero attached hydrogens (tertiary/aromatic N) is 2. The number of methoxy groups -OCH3 is 1. The Morgan fingerprint density at radius 3 is 2.89 bits per heavy atom. The van der Waals surface area contributed by atoms with E-state index in [1.54, 1.807) is 18.2 Å². The summed E-state index contributed by atoms with van der Waals surface area (Å²) in [6, 6.07) is 5.19. The molecule has 1 aliphatic rings. The number of hydrogen-bond donors (Lipinski definition) is 1. The van der Waals surface area contributed by atoms with Gasteiger partial charge in [-0.05, 0) is 25.0 Å². The Morgan fingerprint density at radius 2 is 2.22 bits per heavy atom. The molecule has 5 heteroatoms. The Labute approximate surface area is 104 Å². The van der Waals surface area contributed by atoms with Crippen molar-refractivity contribution >= 4 is 0 Å². The predicted octanol–water partition coefficient (Wildman–Crippen LogP) is 2.72. The quantitative estimate of drug-likeness (QED) is 0.901. The van der Waals surface area contributed by atoms with Gasteiger partial charge in [0.25, 0.3) is 5.89 Å². The van der Waals surface area contributed by atoms with E-state index < -0.39 is 0 Å². The monoisotopic (exact) mass is 246 g/mol. The minimum absolute atomic E-state index is 0.0313. The predicted molar refractivity (Wildman–Crippen MR) is 64.5 cm³/mol. The highest BCUT2D eigenvalue weighted by Crippen LogP contribution is 2.38. The fraction of sp³-hybridized carbons (Fsp3) is 0.385. The van der Waals surface area contributed by atoms with Crippen LogP contribution in [0.15, 0.2) is 22.7 Å². The zero-order chi connectivity index (χ0) is 12.5. The molecule has 3 rings (SSSR count). The third kappa shape index (κ3) is 1.72. The van der Waals surface area contributed by atoms with E-state index >= 15 is 0 Å². The summed E-state index contributed by atoms with van der Waals surface area (Å²) in [5, 5.41) is 14.0. The van der Waals surface area contributed by atoms with Gasteiger partial charge in [0.15, 0.2) is 17.3 Å². The van der Waals surface area contributed by atoms with Crippen LogP contribution in [-0.2, 0) is 0 Å². The second-order valence-electron chi connectivity index (χ2n) is 4.44. The van der Waals surface area contributed by atoms with Crippen molar-refractivity contribution in [3.63, 3.8) is 0 Å². The van der Waals surface area contributed by atoms with Gasteiger partial charge in [-0.25, -0.2) is 0 Å². The molecule has 0 aliphatic heterocycles. The maximum absolute atomic E-state index is 10.0. The zero-order valence-electron chi connectivity index (χ0n) is 10.1. The van der Waals surface area contributed by atoms with E-state index in [4.69, 9.17) is 9.26 Å². The van der Waals surface area contributed by atoms with Crippen LogP contribution >= 0.6 is 0 Å². The van der Waals surface area contributed by atoms with E-state index in [0.29, 0.717) is 23.1 Å². The highest BCUT2D eigenvalue weighted by molar-refractivity contribution is 5.66. The number of aromatic hydroxyl groups is 1. The van der Waals surface area contributed by atoms with Crippen molar-refractivity contribution in [2.75, 3.05) is 7.11 Å². The lowest BCUT2D eigenvalue weighted by molar-refractivity contribution is 0.362. The van der Waals surface area contributed by atoms with Crippen LogP contribution in [0.25, 0.3) is 11.5 Å². The largest absolute Gasteiger partial charge is 0.504 e. The standard InChI is InChI=1S/C13H14N2O3/c1-17-10-7-3-6-9(11(10)16)13-14-12(15-18-13)8-4-2-5-8/h3,6-8,16H,2,4-5H2,1H3. The van der Waals surface area contributed by atoms with Gasteiger partial charge in [-0.15, -0.1) is 0 Å². The number of para-hydroxylation sites is 1. The zero-order valence-corrected chi connectivity index (χ0v) is 10.1. The first-order chi connectivity index (χ1) is 8.79. The highest BCUT2D eigenvalue weighted by Gasteiger charge is 2.25. The summed E-state index contributed by atoms with van der Waals surface area (Å²) in [5.41, 5.74) is 0.507. The number of aromatic nitrogens is 2. The Morgan fingerprint density at radius 1 is 1.39 bits per heavy atom. The summed E-state index contributed by atoms with van der Waals surface area (Å²) in [6.07, 6.45) is 3.45. The number of benzene rings is 1. The van der Waals surface area contributed by atoms with Gasteiger partial charge in [0.1, 0.15) is 0 Å². The van der Waals surface area contributed by atoms with E-state index in [1.165, 1.54) is 13.5 Å². The molecule has 1 fully saturated rings. The van der Waals surface area contributed by atoms with Crippen LogP contribution in [0, 0.1) is 0 Å². The van der Waals surface area contributed by atoms with E-state index in [9.17, 15) is 5.11 Å². The van der Waals surface area contributed by atoms with E-state index in [-0.39, 0.29) is 5.75 Å². The molecule has 2 aromatic rings. The topological polar surface area (TPSA) is 68.4 Å². The lowest BCUT2D eigenvalue weighted by Gasteiger charge is -2.20. The van der Waals surface area contributed by atoms with Crippen molar-refractivity contribution in [2.24, 2.45) is 0 Å². The van der Waals surface area contributed by atoms with Crippen LogP contribution in [0.3, 0.4) is 0 Å². The third-order valence-corrected chi connectivity index (χ3v) is 3.36. The van der Waals surface area contributed by atoms with Crippen LogP contribution in [0.2, 0.25) is 0 Å². The molecule has 0 radical (unpaired) electrons. The summed E-state index contributed by atoms with van der Waals surface area (Å²) in [5.74, 6) is 1.92. The van der Waals surface area contributed by atoms with Crippen LogP contribution in [-0.4, -0.2) is 22.4 Å². The SMILES string of the molecule is COc1cccc(-c2nc(C3CCC3)no2)c1O. The summed E-state index contributed by atoms with van der Waals surface area (Å²) >= 11 is 0. The summed E-state index contributed by atoms with van der Waals surface area (Å²) in [7, 11) is 1.51. The fourth-order valence-corrected chi connectivity index (χ4v) is 2.04. The second-order valence-corrected chi connectivity index (χ2v) is 4.44. The van der Waals surface area contributed by atoms with Crippen LogP contribution in [0.1, 0.15) is 31.0 Å². The van der Waals surface area contributed by atoms with Crippen molar-refractivity contribution in [2.45, 2.75) is 25.2 Å². The van der Waals surface area contributed by atoms with Gasteiger partial charge in [-0.3, -0.25) is 0 Å². The molecule has 1 aliphatic carbocycles. The Balaban J connectivity index is 1.96. The minimum atomic E-state index is 0.0313. The summed E-state index contributed by atoms with van der Waals surface area (Å²) in [4.78, 5) is 4.35. The van der Waals surface area contributed by atoms with Gasteiger partial charge in [0, 0.05) is 5.92 Å². The van der Waals surface area contributed by atoms with Crippen molar-refractivity contribution in [1.29, 1.82) is 0 Å². The molecule has 0 bridgehead atoms. The maximum Gasteiger partial charge on any atom is 0.261 e. The first-order valence-corrected chi connectivity index (χ1v) is 5.99. The number of ether oxygens (including phenoxy) is 1. The molecule has 0 amide bonds. The summed E-state index contributed by atoms with van der Waals surface area (Å²) < 4.78 is 10.3. The molecule has 0 saturated heterocycles. The maximum atomic E-state index is 10.0. The van der Waals surface area contributed by atoms with Gasteiger partial charge in [0.2, 0.25) is 0 Å². The Kier molecular flexibility index (Phi) is 2.66. The van der Waals surface area contributed by atoms with Crippen molar-refractivity contribution in [3.05, 3.63) is 24.0 Å². The normalized spacial score (nSPS) is 15.4. The average Bonchev–Trinajstić information content (AvgIpc) is 2.76. The number of phenolic OH excluding ortho intramolecular Hbond substituents is 1. The molecule has 1 heterocycles. The molecule has 1 saturated carbocycles. The first kappa shape index (κ1) is 11.1. The van der Waals surface area contributed by atoms with Crippen molar-refractivity contribution < 1.29 is 14.4 Å². The molecule has 1 aromatic heterocycles. The first-order valence-electron chi connectivity index (χ1n) is 5.99. The number of rotatable bonds is 3. The Bertz CT molecular complexity index is 561. The molecule has 5 nitrogen and oxygen atoms in total. The smallest absolute Gasteiger partial charge is 0.261 e. The van der Waals surface area contributed by atoms with Crippen molar-refractivity contribution in [1.82, 2.24) is 10.1 Å². The van der Waals surface area contributed by atoms with E-state index in [0.717, 1.165) is 18.7 Å². The molecular formula is C13H14N2O3. The molecule has 1 N–H and O–H groups in total. The molecule has 0 atom stereocenters. The van der Waals surface area contributed by atoms with Crippen LogP contribution in [0.4, 0.5) is 0 Å². The molecule has 94 valence electrons.